The predicted molar refractivity (Wildman–Crippen MR) is 133 cm³/mol. The van der Waals surface area contributed by atoms with E-state index in [0.29, 0.717) is 19.3 Å². The van der Waals surface area contributed by atoms with Gasteiger partial charge in [-0.2, -0.15) is 0 Å². The summed E-state index contributed by atoms with van der Waals surface area (Å²) in [5, 5.41) is 5.21. The van der Waals surface area contributed by atoms with E-state index in [0.717, 1.165) is 19.3 Å². The molecule has 3 aliphatic rings. The summed E-state index contributed by atoms with van der Waals surface area (Å²) in [4.78, 5) is 64.9. The molecule has 3 rings (SSSR count). The van der Waals surface area contributed by atoms with Gasteiger partial charge in [0.15, 0.2) is 0 Å². The molecular formula is C26H40F2N4O6. The Balaban J connectivity index is 1.75. The predicted octanol–water partition coefficient (Wildman–Crippen LogP) is 2.43. The molecule has 3 fully saturated rings. The van der Waals surface area contributed by atoms with E-state index in [1.165, 1.54) is 4.90 Å². The van der Waals surface area contributed by atoms with Gasteiger partial charge in [-0.3, -0.25) is 19.2 Å². The average Bonchev–Trinajstić information content (AvgIpc) is 3.27. The Hall–Kier alpha value is -2.79. The number of alkyl halides is 2. The van der Waals surface area contributed by atoms with Crippen LogP contribution in [0.15, 0.2) is 0 Å². The van der Waals surface area contributed by atoms with Crippen molar-refractivity contribution < 1.29 is 37.5 Å². The van der Waals surface area contributed by atoms with Gasteiger partial charge in [0.2, 0.25) is 23.5 Å². The number of hydrogen-bond acceptors (Lipinski definition) is 6. The lowest BCUT2D eigenvalue weighted by molar-refractivity contribution is -0.143. The molecule has 0 bridgehead atoms. The fraction of sp³-hybridized carbons (Fsp3) is 0.808. The number of halogens is 2. The molecule has 0 aromatic heterocycles. The highest BCUT2D eigenvalue weighted by Crippen LogP contribution is 2.38. The third-order valence-electron chi connectivity index (χ3n) is 7.68. The third kappa shape index (κ3) is 7.86. The van der Waals surface area contributed by atoms with E-state index in [9.17, 15) is 32.8 Å². The van der Waals surface area contributed by atoms with Gasteiger partial charge in [-0.15, -0.1) is 0 Å². The number of hydrogen-bond donors (Lipinski definition) is 3. The highest BCUT2D eigenvalue weighted by atomic mass is 19.3. The summed E-state index contributed by atoms with van der Waals surface area (Å²) in [5.41, 5.74) is 4.36. The molecule has 38 heavy (non-hydrogen) atoms. The van der Waals surface area contributed by atoms with Gasteiger partial charge in [-0.25, -0.2) is 13.6 Å². The second kappa shape index (κ2) is 11.9. The van der Waals surface area contributed by atoms with Crippen LogP contribution in [0, 0.1) is 11.8 Å². The van der Waals surface area contributed by atoms with Crippen LogP contribution >= 0.6 is 0 Å². The van der Waals surface area contributed by atoms with Crippen LogP contribution in [0.25, 0.3) is 0 Å². The monoisotopic (exact) mass is 542 g/mol. The molecule has 214 valence electrons. The van der Waals surface area contributed by atoms with E-state index in [2.05, 4.69) is 10.6 Å². The maximum Gasteiger partial charge on any atom is 0.408 e. The van der Waals surface area contributed by atoms with Crippen molar-refractivity contribution in [1.29, 1.82) is 0 Å². The van der Waals surface area contributed by atoms with Crippen LogP contribution in [0.3, 0.4) is 0 Å². The third-order valence-corrected chi connectivity index (χ3v) is 7.68. The van der Waals surface area contributed by atoms with E-state index >= 15 is 0 Å². The topological polar surface area (TPSA) is 148 Å². The van der Waals surface area contributed by atoms with Crippen LogP contribution in [-0.4, -0.2) is 70.7 Å². The first kappa shape index (κ1) is 29.8. The average molecular weight is 543 g/mol. The lowest BCUT2D eigenvalue weighted by Gasteiger charge is -2.37. The second-order valence-corrected chi connectivity index (χ2v) is 11.8. The Labute approximate surface area is 221 Å². The van der Waals surface area contributed by atoms with Gasteiger partial charge in [-0.05, 0) is 64.7 Å². The summed E-state index contributed by atoms with van der Waals surface area (Å²) in [6.45, 7) is 5.22. The minimum atomic E-state index is -2.82. The standard InChI is InChI=1S/C26H40F2N4O6/c1-25(2,3)38-24(37)31-19(16-9-11-26(27,28)12-10-16)23(36)32-13-5-8-18(32)22(35)30-17(20(33)21(29)34)14-15-6-4-7-15/h15-19H,4-14H2,1-3H3,(H2,29,34)(H,30,35)(H,31,37)/t17?,18-,19-/m0/s1. The number of rotatable bonds is 9. The minimum absolute atomic E-state index is 0.0283. The summed E-state index contributed by atoms with van der Waals surface area (Å²) < 4.78 is 33.0. The van der Waals surface area contributed by atoms with Crippen LogP contribution in [0.1, 0.15) is 85.0 Å². The molecule has 4 amide bonds. The SMILES string of the molecule is CC(C)(C)OC(=O)N[C@H](C(=O)N1CCC[C@H]1C(=O)NC(CC1CCC1)C(=O)C(N)=O)C1CCC(F)(F)CC1. The molecule has 1 aliphatic heterocycles. The van der Waals surface area contributed by atoms with Crippen molar-refractivity contribution in [3.8, 4) is 0 Å². The van der Waals surface area contributed by atoms with Gasteiger partial charge >= 0.3 is 6.09 Å². The quantitative estimate of drug-likeness (QED) is 0.381. The van der Waals surface area contributed by atoms with Crippen molar-refractivity contribution in [1.82, 2.24) is 15.5 Å². The van der Waals surface area contributed by atoms with E-state index in [4.69, 9.17) is 10.5 Å². The van der Waals surface area contributed by atoms with E-state index < -0.39 is 78.0 Å². The maximum atomic E-state index is 13.8. The zero-order chi connectivity index (χ0) is 28.3. The summed E-state index contributed by atoms with van der Waals surface area (Å²) in [6.07, 6.45) is 2.33. The normalized spacial score (nSPS) is 23.6. The summed E-state index contributed by atoms with van der Waals surface area (Å²) in [5.74, 6) is -6.33. The largest absolute Gasteiger partial charge is 0.444 e. The van der Waals surface area contributed by atoms with E-state index in [1.54, 1.807) is 20.8 Å². The molecule has 4 N–H and O–H groups in total. The molecule has 1 unspecified atom stereocenters. The van der Waals surface area contributed by atoms with Crippen molar-refractivity contribution in [3.05, 3.63) is 0 Å². The summed E-state index contributed by atoms with van der Waals surface area (Å²) in [7, 11) is 0. The molecule has 1 saturated heterocycles. The number of carbonyl (C=O) groups is 5. The van der Waals surface area contributed by atoms with Gasteiger partial charge < -0.3 is 26.0 Å². The maximum absolute atomic E-state index is 13.8. The number of nitrogens with zero attached hydrogens (tertiary/aromatic N) is 1. The number of alkyl carbamates (subject to hydrolysis) is 1. The van der Waals surface area contributed by atoms with Crippen molar-refractivity contribution >= 4 is 29.6 Å². The lowest BCUT2D eigenvalue weighted by atomic mass is 9.80. The Bertz CT molecular complexity index is 923. The number of nitrogens with two attached hydrogens (primary N) is 1. The van der Waals surface area contributed by atoms with E-state index in [-0.39, 0.29) is 25.3 Å². The number of likely N-dealkylation sites (tertiary alicyclic amines) is 1. The van der Waals surface area contributed by atoms with Crippen LogP contribution in [-0.2, 0) is 23.9 Å². The minimum Gasteiger partial charge on any atom is -0.444 e. The zero-order valence-corrected chi connectivity index (χ0v) is 22.4. The fourth-order valence-corrected chi connectivity index (χ4v) is 5.43. The van der Waals surface area contributed by atoms with Crippen LogP contribution < -0.4 is 16.4 Å². The number of amides is 4. The van der Waals surface area contributed by atoms with Crippen molar-refractivity contribution in [2.24, 2.45) is 17.6 Å². The number of nitrogens with one attached hydrogen (secondary N) is 2. The molecule has 3 atom stereocenters. The van der Waals surface area contributed by atoms with Crippen molar-refractivity contribution in [3.63, 3.8) is 0 Å². The molecule has 2 saturated carbocycles. The molecule has 2 aliphatic carbocycles. The van der Waals surface area contributed by atoms with Crippen molar-refractivity contribution in [2.45, 2.75) is 115 Å². The first-order chi connectivity index (χ1) is 17.7. The zero-order valence-electron chi connectivity index (χ0n) is 22.4. The molecule has 0 aromatic carbocycles. The Morgan fingerprint density at radius 2 is 1.63 bits per heavy atom. The molecule has 10 nitrogen and oxygen atoms in total. The number of ether oxygens (including phenoxy) is 1. The fourth-order valence-electron chi connectivity index (χ4n) is 5.43. The molecule has 0 spiro atoms. The Morgan fingerprint density at radius 1 is 1.00 bits per heavy atom. The number of primary amides is 1. The van der Waals surface area contributed by atoms with Gasteiger partial charge in [0.25, 0.3) is 5.91 Å². The van der Waals surface area contributed by atoms with Crippen LogP contribution in [0.5, 0.6) is 0 Å². The number of carbonyl (C=O) groups excluding carboxylic acids is 5. The molecular weight excluding hydrogens is 502 g/mol. The number of ketones is 1. The first-order valence-corrected chi connectivity index (χ1v) is 13.5. The molecule has 0 radical (unpaired) electrons. The summed E-state index contributed by atoms with van der Waals surface area (Å²) >= 11 is 0. The van der Waals surface area contributed by atoms with Crippen LogP contribution in [0.2, 0.25) is 0 Å². The second-order valence-electron chi connectivity index (χ2n) is 11.8. The summed E-state index contributed by atoms with van der Waals surface area (Å²) in [6, 6.07) is -3.15. The van der Waals surface area contributed by atoms with Gasteiger partial charge in [0, 0.05) is 19.4 Å². The lowest BCUT2D eigenvalue weighted by Crippen LogP contribution is -2.58. The van der Waals surface area contributed by atoms with Gasteiger partial charge in [0.05, 0.1) is 6.04 Å². The van der Waals surface area contributed by atoms with Crippen molar-refractivity contribution in [2.75, 3.05) is 6.54 Å². The smallest absolute Gasteiger partial charge is 0.408 e. The number of Topliss-reactive ketones (excluding diaryl/α,β-unsaturated/α-hetero) is 1. The Kier molecular flexibility index (Phi) is 9.35. The highest BCUT2D eigenvalue weighted by molar-refractivity contribution is 6.37. The van der Waals surface area contributed by atoms with Crippen LogP contribution in [0.4, 0.5) is 13.6 Å². The molecule has 12 heteroatoms. The first-order valence-electron chi connectivity index (χ1n) is 13.5. The Morgan fingerprint density at radius 3 is 2.16 bits per heavy atom. The van der Waals surface area contributed by atoms with E-state index in [1.807, 2.05) is 0 Å². The molecule has 1 heterocycles. The van der Waals surface area contributed by atoms with Gasteiger partial charge in [-0.1, -0.05) is 19.3 Å². The van der Waals surface area contributed by atoms with Gasteiger partial charge in [0.1, 0.15) is 17.7 Å². The molecule has 0 aromatic rings. The highest BCUT2D eigenvalue weighted by Gasteiger charge is 2.45.